The van der Waals surface area contributed by atoms with Crippen LogP contribution in [0.4, 0.5) is 4.39 Å². The average molecular weight is 252 g/mol. The minimum atomic E-state index is -0.343. The lowest BCUT2D eigenvalue weighted by Gasteiger charge is -2.29. The molecule has 0 spiro atoms. The highest BCUT2D eigenvalue weighted by molar-refractivity contribution is 5.31. The lowest BCUT2D eigenvalue weighted by molar-refractivity contribution is 0.196. The lowest BCUT2D eigenvalue weighted by Crippen LogP contribution is -2.19. The van der Waals surface area contributed by atoms with Gasteiger partial charge < -0.3 is 9.84 Å². The molecular formula is C15H21FO2. The molecule has 0 radical (unpaired) electrons. The molecule has 0 amide bonds. The predicted molar refractivity (Wildman–Crippen MR) is 69.4 cm³/mol. The summed E-state index contributed by atoms with van der Waals surface area (Å²) in [6.07, 6.45) is 6.00. The van der Waals surface area contributed by atoms with Gasteiger partial charge in [0.25, 0.3) is 0 Å². The molecule has 2 rings (SSSR count). The van der Waals surface area contributed by atoms with Crippen molar-refractivity contribution in [3.63, 3.8) is 0 Å². The Morgan fingerprint density at radius 1 is 1.33 bits per heavy atom. The molecule has 1 aromatic rings. The van der Waals surface area contributed by atoms with Crippen molar-refractivity contribution in [3.8, 4) is 5.75 Å². The number of methoxy groups -OCH3 is 1. The number of hydrogen-bond donors (Lipinski definition) is 1. The van der Waals surface area contributed by atoms with Crippen molar-refractivity contribution < 1.29 is 14.2 Å². The van der Waals surface area contributed by atoms with E-state index in [9.17, 15) is 9.50 Å². The molecule has 0 aromatic heterocycles. The van der Waals surface area contributed by atoms with Crippen molar-refractivity contribution in [1.29, 1.82) is 0 Å². The molecule has 0 saturated heterocycles. The van der Waals surface area contributed by atoms with Crippen LogP contribution in [0.25, 0.3) is 0 Å². The van der Waals surface area contributed by atoms with Crippen LogP contribution in [0.5, 0.6) is 5.75 Å². The monoisotopic (exact) mass is 252 g/mol. The van der Waals surface area contributed by atoms with E-state index in [-0.39, 0.29) is 24.1 Å². The molecule has 1 aliphatic carbocycles. The minimum absolute atomic E-state index is 0.0608. The average Bonchev–Trinajstić information content (AvgIpc) is 2.41. The number of hydrogen-bond acceptors (Lipinski definition) is 2. The Morgan fingerprint density at radius 3 is 2.61 bits per heavy atom. The zero-order valence-electron chi connectivity index (χ0n) is 10.9. The molecule has 0 aliphatic heterocycles. The summed E-state index contributed by atoms with van der Waals surface area (Å²) in [6.45, 7) is 0.0937. The maximum atomic E-state index is 13.7. The Hall–Kier alpha value is -1.09. The van der Waals surface area contributed by atoms with Gasteiger partial charge in [-0.05, 0) is 36.5 Å². The molecule has 18 heavy (non-hydrogen) atoms. The summed E-state index contributed by atoms with van der Waals surface area (Å²) in [4.78, 5) is 0. The molecule has 2 nitrogen and oxygen atoms in total. The Morgan fingerprint density at radius 2 is 2.06 bits per heavy atom. The third-order valence-corrected chi connectivity index (χ3v) is 4.02. The SMILES string of the molecule is COc1ccc(C(CO)C2CCCCC2)cc1F. The van der Waals surface area contributed by atoms with Gasteiger partial charge in [-0.2, -0.15) is 0 Å². The van der Waals surface area contributed by atoms with E-state index in [2.05, 4.69) is 0 Å². The van der Waals surface area contributed by atoms with Gasteiger partial charge in [0.05, 0.1) is 13.7 Å². The number of aliphatic hydroxyl groups excluding tert-OH is 1. The molecule has 1 aliphatic rings. The van der Waals surface area contributed by atoms with Crippen molar-refractivity contribution >= 4 is 0 Å². The first-order valence-corrected chi connectivity index (χ1v) is 6.70. The summed E-state index contributed by atoms with van der Waals surface area (Å²) in [5.74, 6) is 0.464. The summed E-state index contributed by atoms with van der Waals surface area (Å²) in [5, 5.41) is 9.60. The minimum Gasteiger partial charge on any atom is -0.494 e. The van der Waals surface area contributed by atoms with Gasteiger partial charge in [0.15, 0.2) is 11.6 Å². The Bertz CT molecular complexity index is 386. The van der Waals surface area contributed by atoms with Crippen LogP contribution in [0.3, 0.4) is 0 Å². The zero-order valence-corrected chi connectivity index (χ0v) is 10.9. The highest BCUT2D eigenvalue weighted by atomic mass is 19.1. The molecular weight excluding hydrogens is 231 g/mol. The molecule has 1 atom stereocenters. The van der Waals surface area contributed by atoms with E-state index in [4.69, 9.17) is 4.74 Å². The fourth-order valence-corrected chi connectivity index (χ4v) is 2.98. The van der Waals surface area contributed by atoms with Crippen LogP contribution < -0.4 is 4.74 Å². The zero-order chi connectivity index (χ0) is 13.0. The second-order valence-electron chi connectivity index (χ2n) is 5.08. The van der Waals surface area contributed by atoms with E-state index in [1.807, 2.05) is 6.07 Å². The molecule has 1 fully saturated rings. The quantitative estimate of drug-likeness (QED) is 0.888. The summed E-state index contributed by atoms with van der Waals surface area (Å²) >= 11 is 0. The molecule has 0 bridgehead atoms. The smallest absolute Gasteiger partial charge is 0.165 e. The third kappa shape index (κ3) is 2.83. The van der Waals surface area contributed by atoms with Crippen molar-refractivity contribution in [1.82, 2.24) is 0 Å². The molecule has 1 saturated carbocycles. The van der Waals surface area contributed by atoms with Crippen molar-refractivity contribution in [2.24, 2.45) is 5.92 Å². The van der Waals surface area contributed by atoms with Crippen LogP contribution in [-0.2, 0) is 0 Å². The maximum Gasteiger partial charge on any atom is 0.165 e. The van der Waals surface area contributed by atoms with Crippen LogP contribution in [0.15, 0.2) is 18.2 Å². The molecule has 1 aromatic carbocycles. The van der Waals surface area contributed by atoms with Crippen LogP contribution in [0.2, 0.25) is 0 Å². The molecule has 3 heteroatoms. The van der Waals surface area contributed by atoms with Gasteiger partial charge in [-0.25, -0.2) is 4.39 Å². The number of rotatable bonds is 4. The van der Waals surface area contributed by atoms with Crippen LogP contribution in [0, 0.1) is 11.7 Å². The van der Waals surface area contributed by atoms with E-state index < -0.39 is 0 Å². The van der Waals surface area contributed by atoms with Gasteiger partial charge in [-0.1, -0.05) is 25.3 Å². The van der Waals surface area contributed by atoms with Crippen molar-refractivity contribution in [2.45, 2.75) is 38.0 Å². The van der Waals surface area contributed by atoms with E-state index in [0.717, 1.165) is 18.4 Å². The highest BCUT2D eigenvalue weighted by Gasteiger charge is 2.25. The highest BCUT2D eigenvalue weighted by Crippen LogP contribution is 2.36. The fraction of sp³-hybridized carbons (Fsp3) is 0.600. The first kappa shape index (κ1) is 13.3. The standard InChI is InChI=1S/C15H21FO2/c1-18-15-8-7-12(9-14(15)16)13(10-17)11-5-3-2-4-6-11/h7-9,11,13,17H,2-6,10H2,1H3. The van der Waals surface area contributed by atoms with Gasteiger partial charge in [0.1, 0.15) is 0 Å². The lowest BCUT2D eigenvalue weighted by atomic mass is 9.77. The summed E-state index contributed by atoms with van der Waals surface area (Å²) in [6, 6.07) is 5.03. The van der Waals surface area contributed by atoms with E-state index in [0.29, 0.717) is 5.92 Å². The number of halogens is 1. The first-order valence-electron chi connectivity index (χ1n) is 6.70. The van der Waals surface area contributed by atoms with Gasteiger partial charge in [0.2, 0.25) is 0 Å². The van der Waals surface area contributed by atoms with Gasteiger partial charge in [-0.15, -0.1) is 0 Å². The Balaban J connectivity index is 2.18. The van der Waals surface area contributed by atoms with Gasteiger partial charge in [0, 0.05) is 5.92 Å². The fourth-order valence-electron chi connectivity index (χ4n) is 2.98. The van der Waals surface area contributed by atoms with Gasteiger partial charge >= 0.3 is 0 Å². The Kier molecular flexibility index (Phi) is 4.59. The van der Waals surface area contributed by atoms with Crippen molar-refractivity contribution in [2.75, 3.05) is 13.7 Å². The number of aliphatic hydroxyl groups is 1. The second kappa shape index (κ2) is 6.19. The largest absolute Gasteiger partial charge is 0.494 e. The molecule has 1 unspecified atom stereocenters. The van der Waals surface area contributed by atoms with Gasteiger partial charge in [-0.3, -0.25) is 0 Å². The third-order valence-electron chi connectivity index (χ3n) is 4.02. The van der Waals surface area contributed by atoms with E-state index in [1.165, 1.54) is 32.4 Å². The predicted octanol–water partition coefficient (Wildman–Crippen LogP) is 3.49. The van der Waals surface area contributed by atoms with Crippen LogP contribution >= 0.6 is 0 Å². The summed E-state index contributed by atoms with van der Waals surface area (Å²) in [7, 11) is 1.46. The van der Waals surface area contributed by atoms with Crippen LogP contribution in [-0.4, -0.2) is 18.8 Å². The summed E-state index contributed by atoms with van der Waals surface area (Å²) in [5.41, 5.74) is 0.891. The first-order chi connectivity index (χ1) is 8.76. The summed E-state index contributed by atoms with van der Waals surface area (Å²) < 4.78 is 18.6. The van der Waals surface area contributed by atoms with E-state index >= 15 is 0 Å². The van der Waals surface area contributed by atoms with Crippen LogP contribution in [0.1, 0.15) is 43.6 Å². The van der Waals surface area contributed by atoms with E-state index in [1.54, 1.807) is 6.07 Å². The molecule has 0 heterocycles. The number of benzene rings is 1. The molecule has 1 N–H and O–H groups in total. The molecule has 100 valence electrons. The normalized spacial score (nSPS) is 18.6. The van der Waals surface area contributed by atoms with Crippen molar-refractivity contribution in [3.05, 3.63) is 29.6 Å². The topological polar surface area (TPSA) is 29.5 Å². The second-order valence-corrected chi connectivity index (χ2v) is 5.08. The maximum absolute atomic E-state index is 13.7. The Labute approximate surface area is 108 Å². The number of ether oxygens (including phenoxy) is 1.